The van der Waals surface area contributed by atoms with E-state index in [9.17, 15) is 19.5 Å². The Morgan fingerprint density at radius 3 is 2.94 bits per heavy atom. The van der Waals surface area contributed by atoms with Gasteiger partial charge in [-0.05, 0) is 43.4 Å². The van der Waals surface area contributed by atoms with Crippen LogP contribution in [0.4, 0.5) is 0 Å². The lowest BCUT2D eigenvalue weighted by molar-refractivity contribution is -0.143. The molecule has 0 radical (unpaired) electrons. The molecular weight excluding hydrogens is 424 g/mol. The lowest BCUT2D eigenvalue weighted by Gasteiger charge is -2.47. The molecule has 4 rings (SSSR count). The first-order chi connectivity index (χ1) is 15.9. The molecule has 2 aromatic rings. The summed E-state index contributed by atoms with van der Waals surface area (Å²) in [5.41, 5.74) is 0.300. The van der Waals surface area contributed by atoms with E-state index in [4.69, 9.17) is 9.15 Å². The van der Waals surface area contributed by atoms with E-state index in [-0.39, 0.29) is 25.0 Å². The summed E-state index contributed by atoms with van der Waals surface area (Å²) in [6.45, 7) is 2.76. The fourth-order valence-electron chi connectivity index (χ4n) is 5.06. The van der Waals surface area contributed by atoms with Gasteiger partial charge in [0.1, 0.15) is 11.3 Å². The van der Waals surface area contributed by atoms with Crippen LogP contribution in [0, 0.1) is 5.92 Å². The highest BCUT2D eigenvalue weighted by molar-refractivity contribution is 5.86. The molecule has 0 bridgehead atoms. The van der Waals surface area contributed by atoms with Crippen LogP contribution in [0.5, 0.6) is 5.75 Å². The predicted molar refractivity (Wildman–Crippen MR) is 123 cm³/mol. The molecule has 33 heavy (non-hydrogen) atoms. The SMILES string of the molecule is CCCc1cc(=O)oc2cc(OCC(=O)NCC(=O)N3CC[C@]4(O)CCCC[C@H]4C3)ccc12. The number of nitrogens with one attached hydrogen (secondary N) is 1. The van der Waals surface area contributed by atoms with Gasteiger partial charge in [-0.25, -0.2) is 4.79 Å². The van der Waals surface area contributed by atoms with Gasteiger partial charge in [-0.3, -0.25) is 9.59 Å². The molecule has 2 N–H and O–H groups in total. The van der Waals surface area contributed by atoms with Crippen LogP contribution in [0.2, 0.25) is 0 Å². The number of likely N-dealkylation sites (tertiary alicyclic amines) is 1. The molecule has 8 heteroatoms. The molecule has 2 atom stereocenters. The summed E-state index contributed by atoms with van der Waals surface area (Å²) in [5.74, 6) is -0.0232. The molecular formula is C25H32N2O6. The highest BCUT2D eigenvalue weighted by Crippen LogP contribution is 2.39. The van der Waals surface area contributed by atoms with Crippen LogP contribution in [-0.4, -0.2) is 53.7 Å². The number of carbonyl (C=O) groups is 2. The number of nitrogens with zero attached hydrogens (tertiary/aromatic N) is 1. The van der Waals surface area contributed by atoms with E-state index in [1.54, 1.807) is 17.0 Å². The van der Waals surface area contributed by atoms with E-state index >= 15 is 0 Å². The fourth-order valence-corrected chi connectivity index (χ4v) is 5.06. The van der Waals surface area contributed by atoms with Crippen LogP contribution < -0.4 is 15.7 Å². The maximum absolute atomic E-state index is 12.6. The molecule has 2 aliphatic rings. The van der Waals surface area contributed by atoms with Gasteiger partial charge in [0.05, 0.1) is 12.1 Å². The molecule has 1 aromatic heterocycles. The molecule has 2 heterocycles. The minimum Gasteiger partial charge on any atom is -0.484 e. The van der Waals surface area contributed by atoms with Crippen molar-refractivity contribution < 1.29 is 23.8 Å². The number of piperidine rings is 1. The average Bonchev–Trinajstić information content (AvgIpc) is 2.80. The van der Waals surface area contributed by atoms with Crippen molar-refractivity contribution in [2.75, 3.05) is 26.2 Å². The van der Waals surface area contributed by atoms with Gasteiger partial charge < -0.3 is 24.5 Å². The number of ether oxygens (including phenoxy) is 1. The van der Waals surface area contributed by atoms with Crippen molar-refractivity contribution >= 4 is 22.8 Å². The van der Waals surface area contributed by atoms with Gasteiger partial charge in [-0.1, -0.05) is 26.2 Å². The Hall–Kier alpha value is -2.87. The Labute approximate surface area is 192 Å². The third kappa shape index (κ3) is 5.38. The van der Waals surface area contributed by atoms with Crippen LogP contribution in [0.25, 0.3) is 11.0 Å². The zero-order valence-corrected chi connectivity index (χ0v) is 19.1. The average molecular weight is 457 g/mol. The normalized spacial score (nSPS) is 22.6. The first-order valence-corrected chi connectivity index (χ1v) is 11.8. The van der Waals surface area contributed by atoms with E-state index in [0.29, 0.717) is 30.8 Å². The molecule has 0 unspecified atom stereocenters. The van der Waals surface area contributed by atoms with Crippen molar-refractivity contribution in [3.63, 3.8) is 0 Å². The van der Waals surface area contributed by atoms with Crippen LogP contribution in [0.15, 0.2) is 33.5 Å². The summed E-state index contributed by atoms with van der Waals surface area (Å²) in [7, 11) is 0. The Kier molecular flexibility index (Phi) is 7.02. The molecule has 1 saturated heterocycles. The standard InChI is InChI=1S/C25H32N2O6/c1-2-5-17-12-24(30)33-21-13-19(7-8-20(17)21)32-16-22(28)26-14-23(29)27-11-10-25(31)9-4-3-6-18(25)15-27/h7-8,12-13,18,31H,2-6,9-11,14-16H2,1H3,(H,26,28)/t18-,25+/m0/s1. The number of aryl methyl sites for hydroxylation is 1. The summed E-state index contributed by atoms with van der Waals surface area (Å²) in [4.78, 5) is 38.3. The minimum atomic E-state index is -0.636. The summed E-state index contributed by atoms with van der Waals surface area (Å²) in [6.07, 6.45) is 6.16. The van der Waals surface area contributed by atoms with Crippen molar-refractivity contribution in [1.82, 2.24) is 10.2 Å². The number of benzene rings is 1. The number of fused-ring (bicyclic) bond motifs is 2. The summed E-state index contributed by atoms with van der Waals surface area (Å²) in [6, 6.07) is 6.67. The number of amides is 2. The number of hydrogen-bond acceptors (Lipinski definition) is 6. The van der Waals surface area contributed by atoms with Crippen molar-refractivity contribution in [2.45, 2.75) is 57.5 Å². The largest absolute Gasteiger partial charge is 0.484 e. The Balaban J connectivity index is 1.27. The lowest BCUT2D eigenvalue weighted by Crippen LogP contribution is -2.56. The van der Waals surface area contributed by atoms with Crippen molar-refractivity contribution in [1.29, 1.82) is 0 Å². The lowest BCUT2D eigenvalue weighted by atomic mass is 9.71. The van der Waals surface area contributed by atoms with E-state index < -0.39 is 17.1 Å². The van der Waals surface area contributed by atoms with Gasteiger partial charge in [0.15, 0.2) is 6.61 Å². The zero-order chi connectivity index (χ0) is 23.4. The second-order valence-electron chi connectivity index (χ2n) is 9.20. The molecule has 1 saturated carbocycles. The minimum absolute atomic E-state index is 0.0969. The molecule has 1 aromatic carbocycles. The summed E-state index contributed by atoms with van der Waals surface area (Å²) >= 11 is 0. The second-order valence-corrected chi connectivity index (χ2v) is 9.20. The van der Waals surface area contributed by atoms with Crippen LogP contribution in [-0.2, 0) is 16.0 Å². The van der Waals surface area contributed by atoms with Crippen molar-refractivity contribution in [3.8, 4) is 5.75 Å². The maximum atomic E-state index is 12.6. The molecule has 8 nitrogen and oxygen atoms in total. The van der Waals surface area contributed by atoms with Gasteiger partial charge in [0.2, 0.25) is 5.91 Å². The molecule has 178 valence electrons. The molecule has 2 amide bonds. The Morgan fingerprint density at radius 2 is 2.12 bits per heavy atom. The van der Waals surface area contributed by atoms with E-state index in [1.807, 2.05) is 13.0 Å². The molecule has 2 fully saturated rings. The number of hydrogen-bond donors (Lipinski definition) is 2. The van der Waals surface area contributed by atoms with Gasteiger partial charge in [-0.15, -0.1) is 0 Å². The van der Waals surface area contributed by atoms with E-state index in [1.165, 1.54) is 6.07 Å². The fraction of sp³-hybridized carbons (Fsp3) is 0.560. The zero-order valence-electron chi connectivity index (χ0n) is 19.1. The number of rotatable bonds is 7. The smallest absolute Gasteiger partial charge is 0.336 e. The summed E-state index contributed by atoms with van der Waals surface area (Å²) in [5, 5.41) is 14.2. The third-order valence-corrected chi connectivity index (χ3v) is 6.91. The second kappa shape index (κ2) is 9.95. The van der Waals surface area contributed by atoms with Gasteiger partial charge in [0, 0.05) is 36.5 Å². The summed E-state index contributed by atoms with van der Waals surface area (Å²) < 4.78 is 10.8. The Morgan fingerprint density at radius 1 is 1.27 bits per heavy atom. The monoisotopic (exact) mass is 456 g/mol. The van der Waals surface area contributed by atoms with Crippen LogP contribution in [0.3, 0.4) is 0 Å². The highest BCUT2D eigenvalue weighted by atomic mass is 16.5. The first-order valence-electron chi connectivity index (χ1n) is 11.8. The molecule has 1 aliphatic carbocycles. The van der Waals surface area contributed by atoms with Gasteiger partial charge in [-0.2, -0.15) is 0 Å². The van der Waals surface area contributed by atoms with E-state index in [2.05, 4.69) is 5.32 Å². The van der Waals surface area contributed by atoms with Gasteiger partial charge >= 0.3 is 5.63 Å². The molecule has 1 aliphatic heterocycles. The van der Waals surface area contributed by atoms with Crippen molar-refractivity contribution in [2.24, 2.45) is 5.92 Å². The first kappa shape index (κ1) is 23.3. The Bertz CT molecular complexity index is 1080. The quantitative estimate of drug-likeness (QED) is 0.620. The third-order valence-electron chi connectivity index (χ3n) is 6.91. The topological polar surface area (TPSA) is 109 Å². The number of carbonyl (C=O) groups excluding carboxylic acids is 2. The van der Waals surface area contributed by atoms with Gasteiger partial charge in [0.25, 0.3) is 5.91 Å². The van der Waals surface area contributed by atoms with Crippen molar-refractivity contribution in [3.05, 3.63) is 40.2 Å². The maximum Gasteiger partial charge on any atom is 0.336 e. The molecule has 0 spiro atoms. The number of aliphatic hydroxyl groups is 1. The highest BCUT2D eigenvalue weighted by Gasteiger charge is 2.43. The predicted octanol–water partition coefficient (Wildman–Crippen LogP) is 2.39. The van der Waals surface area contributed by atoms with Crippen LogP contribution >= 0.6 is 0 Å². The van der Waals surface area contributed by atoms with Crippen LogP contribution in [0.1, 0.15) is 51.0 Å². The van der Waals surface area contributed by atoms with E-state index in [0.717, 1.165) is 49.5 Å².